The van der Waals surface area contributed by atoms with Crippen molar-refractivity contribution in [2.45, 2.75) is 33.2 Å². The summed E-state index contributed by atoms with van der Waals surface area (Å²) in [6.07, 6.45) is 1.81. The summed E-state index contributed by atoms with van der Waals surface area (Å²) in [5.41, 5.74) is 10.2. The van der Waals surface area contributed by atoms with E-state index in [1.54, 1.807) is 11.8 Å². The molecule has 0 aliphatic carbocycles. The molecule has 2 aromatic rings. The van der Waals surface area contributed by atoms with Crippen LogP contribution in [0.3, 0.4) is 0 Å². The normalized spacial score (nSPS) is 11.1. The minimum atomic E-state index is 0. The van der Waals surface area contributed by atoms with Gasteiger partial charge in [-0.25, -0.2) is 9.67 Å². The molecule has 0 aliphatic rings. The maximum Gasteiger partial charge on any atom is 0.216 e. The number of aliphatic imine (C=N–C) groups is 1. The average molecular weight is 443 g/mol. The fourth-order valence-electron chi connectivity index (χ4n) is 2.52. The van der Waals surface area contributed by atoms with Gasteiger partial charge in [-0.1, -0.05) is 26.0 Å². The van der Waals surface area contributed by atoms with E-state index in [0.717, 1.165) is 35.7 Å². The average Bonchev–Trinajstić information content (AvgIpc) is 2.87. The number of guanidine groups is 1. The lowest BCUT2D eigenvalue weighted by Gasteiger charge is -2.08. The van der Waals surface area contributed by atoms with Gasteiger partial charge in [0.25, 0.3) is 0 Å². The van der Waals surface area contributed by atoms with E-state index in [4.69, 9.17) is 10.5 Å². The number of methoxy groups -OCH3 is 1. The SMILES string of the molecule is CCc1cccc(NC(N)=NCc2c(CC)nn(C)c2OC)c1.I. The Kier molecular flexibility index (Phi) is 8.03. The van der Waals surface area contributed by atoms with E-state index < -0.39 is 0 Å². The Morgan fingerprint density at radius 2 is 2.08 bits per heavy atom. The Balaban J connectivity index is 0.00000288. The number of hydrogen-bond donors (Lipinski definition) is 2. The second kappa shape index (κ2) is 9.51. The number of halogens is 1. The van der Waals surface area contributed by atoms with Gasteiger partial charge >= 0.3 is 0 Å². The Bertz CT molecular complexity index is 696. The van der Waals surface area contributed by atoms with E-state index in [-0.39, 0.29) is 24.0 Å². The number of nitrogens with two attached hydrogens (primary N) is 1. The predicted molar refractivity (Wildman–Crippen MR) is 109 cm³/mol. The molecule has 0 unspecified atom stereocenters. The number of benzene rings is 1. The Labute approximate surface area is 160 Å². The van der Waals surface area contributed by atoms with Crippen LogP contribution in [0.4, 0.5) is 5.69 Å². The van der Waals surface area contributed by atoms with Crippen LogP contribution < -0.4 is 15.8 Å². The lowest BCUT2D eigenvalue weighted by atomic mass is 10.1. The van der Waals surface area contributed by atoms with Crippen LogP contribution in [0.5, 0.6) is 5.88 Å². The molecule has 24 heavy (non-hydrogen) atoms. The van der Waals surface area contributed by atoms with Crippen molar-refractivity contribution in [1.82, 2.24) is 9.78 Å². The van der Waals surface area contributed by atoms with Gasteiger partial charge in [0.2, 0.25) is 5.88 Å². The van der Waals surface area contributed by atoms with Gasteiger partial charge in [-0.2, -0.15) is 5.10 Å². The van der Waals surface area contributed by atoms with E-state index in [9.17, 15) is 0 Å². The smallest absolute Gasteiger partial charge is 0.216 e. The first-order valence-electron chi connectivity index (χ1n) is 7.83. The molecule has 0 spiro atoms. The number of hydrogen-bond acceptors (Lipinski definition) is 3. The predicted octanol–water partition coefficient (Wildman–Crippen LogP) is 3.10. The molecule has 0 saturated carbocycles. The molecular formula is C17H26IN5O. The molecule has 1 aromatic carbocycles. The number of nitrogens with zero attached hydrogens (tertiary/aromatic N) is 3. The molecule has 1 aromatic heterocycles. The Morgan fingerprint density at radius 1 is 1.33 bits per heavy atom. The lowest BCUT2D eigenvalue weighted by Crippen LogP contribution is -2.22. The molecule has 0 amide bonds. The summed E-state index contributed by atoms with van der Waals surface area (Å²) < 4.78 is 7.14. The molecule has 0 bridgehead atoms. The molecular weight excluding hydrogens is 417 g/mol. The summed E-state index contributed by atoms with van der Waals surface area (Å²) in [6, 6.07) is 8.15. The summed E-state index contributed by atoms with van der Waals surface area (Å²) >= 11 is 0. The van der Waals surface area contributed by atoms with Crippen molar-refractivity contribution in [2.75, 3.05) is 12.4 Å². The van der Waals surface area contributed by atoms with Crippen LogP contribution in [-0.4, -0.2) is 22.8 Å². The van der Waals surface area contributed by atoms with E-state index >= 15 is 0 Å². The number of anilines is 1. The quantitative estimate of drug-likeness (QED) is 0.409. The van der Waals surface area contributed by atoms with Gasteiger partial charge in [0.05, 0.1) is 24.9 Å². The highest BCUT2D eigenvalue weighted by molar-refractivity contribution is 14.0. The zero-order valence-corrected chi connectivity index (χ0v) is 17.0. The molecule has 2 rings (SSSR count). The highest BCUT2D eigenvalue weighted by Gasteiger charge is 2.15. The number of rotatable bonds is 6. The van der Waals surface area contributed by atoms with Crippen LogP contribution in [0.15, 0.2) is 29.3 Å². The fourth-order valence-corrected chi connectivity index (χ4v) is 2.52. The number of ether oxygens (including phenoxy) is 1. The van der Waals surface area contributed by atoms with Gasteiger partial charge in [-0.3, -0.25) is 0 Å². The highest BCUT2D eigenvalue weighted by atomic mass is 127. The number of aryl methyl sites for hydroxylation is 3. The summed E-state index contributed by atoms with van der Waals surface area (Å²) in [6.45, 7) is 4.62. The molecule has 6 nitrogen and oxygen atoms in total. The van der Waals surface area contributed by atoms with Crippen LogP contribution in [-0.2, 0) is 26.4 Å². The molecule has 0 saturated heterocycles. The molecule has 0 fully saturated rings. The van der Waals surface area contributed by atoms with E-state index in [0.29, 0.717) is 12.5 Å². The van der Waals surface area contributed by atoms with Crippen molar-refractivity contribution in [3.63, 3.8) is 0 Å². The molecule has 0 atom stereocenters. The van der Waals surface area contributed by atoms with Gasteiger partial charge in [0, 0.05) is 12.7 Å². The van der Waals surface area contributed by atoms with Crippen LogP contribution in [0.1, 0.15) is 30.7 Å². The van der Waals surface area contributed by atoms with Gasteiger partial charge in [0.1, 0.15) is 0 Å². The third-order valence-corrected chi connectivity index (χ3v) is 3.71. The van der Waals surface area contributed by atoms with Crippen LogP contribution >= 0.6 is 24.0 Å². The highest BCUT2D eigenvalue weighted by Crippen LogP contribution is 2.22. The summed E-state index contributed by atoms with van der Waals surface area (Å²) in [5, 5.41) is 7.57. The van der Waals surface area contributed by atoms with Crippen molar-refractivity contribution in [1.29, 1.82) is 0 Å². The zero-order chi connectivity index (χ0) is 16.8. The van der Waals surface area contributed by atoms with E-state index in [2.05, 4.69) is 41.4 Å². The van der Waals surface area contributed by atoms with Crippen molar-refractivity contribution in [3.8, 4) is 5.88 Å². The topological polar surface area (TPSA) is 77.5 Å². The Hall–Kier alpha value is -1.77. The fraction of sp³-hybridized carbons (Fsp3) is 0.412. The van der Waals surface area contributed by atoms with Crippen molar-refractivity contribution >= 4 is 35.6 Å². The molecule has 7 heteroatoms. The minimum absolute atomic E-state index is 0. The molecule has 132 valence electrons. The maximum atomic E-state index is 6.01. The van der Waals surface area contributed by atoms with Crippen molar-refractivity contribution in [2.24, 2.45) is 17.8 Å². The molecule has 3 N–H and O–H groups in total. The van der Waals surface area contributed by atoms with Crippen molar-refractivity contribution in [3.05, 3.63) is 41.1 Å². The van der Waals surface area contributed by atoms with Crippen LogP contribution in [0.25, 0.3) is 0 Å². The summed E-state index contributed by atoms with van der Waals surface area (Å²) in [4.78, 5) is 4.43. The summed E-state index contributed by atoms with van der Waals surface area (Å²) in [7, 11) is 3.50. The minimum Gasteiger partial charge on any atom is -0.481 e. The number of aromatic nitrogens is 2. The molecule has 1 heterocycles. The van der Waals surface area contributed by atoms with E-state index in [1.165, 1.54) is 5.56 Å². The lowest BCUT2D eigenvalue weighted by molar-refractivity contribution is 0.369. The maximum absolute atomic E-state index is 6.01. The van der Waals surface area contributed by atoms with Crippen molar-refractivity contribution < 1.29 is 4.74 Å². The van der Waals surface area contributed by atoms with Gasteiger partial charge < -0.3 is 15.8 Å². The molecule has 0 radical (unpaired) electrons. The van der Waals surface area contributed by atoms with E-state index in [1.807, 2.05) is 19.2 Å². The second-order valence-electron chi connectivity index (χ2n) is 5.29. The molecule has 0 aliphatic heterocycles. The first-order valence-corrected chi connectivity index (χ1v) is 7.83. The first-order chi connectivity index (χ1) is 11.1. The summed E-state index contributed by atoms with van der Waals surface area (Å²) in [5.74, 6) is 1.11. The monoisotopic (exact) mass is 443 g/mol. The van der Waals surface area contributed by atoms with Gasteiger partial charge in [-0.15, -0.1) is 24.0 Å². The standard InChI is InChI=1S/C17H25N5O.HI/c1-5-12-8-7-9-13(10-12)20-17(18)19-11-14-15(6-2)21-22(3)16(14)23-4;/h7-10H,5-6,11H2,1-4H3,(H3,18,19,20);1H. The zero-order valence-electron chi connectivity index (χ0n) is 14.7. The third-order valence-electron chi connectivity index (χ3n) is 3.71. The first kappa shape index (κ1) is 20.3. The van der Waals surface area contributed by atoms with Crippen LogP contribution in [0.2, 0.25) is 0 Å². The second-order valence-corrected chi connectivity index (χ2v) is 5.29. The van der Waals surface area contributed by atoms with Gasteiger partial charge in [0.15, 0.2) is 5.96 Å². The largest absolute Gasteiger partial charge is 0.481 e. The Morgan fingerprint density at radius 3 is 2.71 bits per heavy atom. The van der Waals surface area contributed by atoms with Crippen LogP contribution in [0, 0.1) is 0 Å². The van der Waals surface area contributed by atoms with Gasteiger partial charge in [-0.05, 0) is 30.5 Å². The number of nitrogens with one attached hydrogen (secondary N) is 1. The third kappa shape index (κ3) is 4.86.